The summed E-state index contributed by atoms with van der Waals surface area (Å²) in [6, 6.07) is 1.50. The summed E-state index contributed by atoms with van der Waals surface area (Å²) in [4.78, 5) is 11.7. The Morgan fingerprint density at radius 3 is 2.46 bits per heavy atom. The van der Waals surface area contributed by atoms with Crippen LogP contribution in [0.1, 0.15) is 74.9 Å². The minimum absolute atomic E-state index is 0.0281. The van der Waals surface area contributed by atoms with E-state index in [2.05, 4.69) is 20.4 Å². The van der Waals surface area contributed by atoms with Crippen molar-refractivity contribution < 1.29 is 20.1 Å². The first-order valence-corrected chi connectivity index (χ1v) is 8.53. The van der Waals surface area contributed by atoms with E-state index in [1.807, 2.05) is 13.8 Å². The number of phenolic OH excluding ortho intramolecular Hbond substituents is 1. The summed E-state index contributed by atoms with van der Waals surface area (Å²) < 4.78 is 0. The summed E-state index contributed by atoms with van der Waals surface area (Å²) in [5.74, 6) is -1.52. The fourth-order valence-electron chi connectivity index (χ4n) is 4.16. The van der Waals surface area contributed by atoms with Crippen molar-refractivity contribution in [3.63, 3.8) is 0 Å². The van der Waals surface area contributed by atoms with Crippen molar-refractivity contribution in [2.45, 2.75) is 65.2 Å². The molecular weight excluding hydrogens is 304 g/mol. The van der Waals surface area contributed by atoms with Crippen molar-refractivity contribution in [3.8, 4) is 11.5 Å². The molecule has 4 nitrogen and oxygen atoms in total. The minimum atomic E-state index is -1.17. The van der Waals surface area contributed by atoms with Crippen molar-refractivity contribution in [1.29, 1.82) is 0 Å². The third kappa shape index (κ3) is 3.02. The van der Waals surface area contributed by atoms with Gasteiger partial charge < -0.3 is 15.3 Å². The number of phenols is 2. The fourth-order valence-corrected chi connectivity index (χ4v) is 4.16. The van der Waals surface area contributed by atoms with E-state index in [4.69, 9.17) is 0 Å². The predicted octanol–water partition coefficient (Wildman–Crippen LogP) is 4.77. The molecule has 24 heavy (non-hydrogen) atoms. The highest BCUT2D eigenvalue weighted by molar-refractivity contribution is 5.94. The molecule has 0 amide bonds. The first-order chi connectivity index (χ1) is 11.0. The number of allylic oxidation sites excluding steroid dienone is 1. The van der Waals surface area contributed by atoms with Crippen molar-refractivity contribution in [3.05, 3.63) is 34.9 Å². The Labute approximate surface area is 143 Å². The van der Waals surface area contributed by atoms with Gasteiger partial charge in [0.05, 0.1) is 0 Å². The molecule has 0 spiro atoms. The topological polar surface area (TPSA) is 77.8 Å². The number of aromatic carboxylic acids is 1. The molecule has 0 heterocycles. The molecule has 0 aliphatic heterocycles. The lowest BCUT2D eigenvalue weighted by Crippen LogP contribution is -2.36. The predicted molar refractivity (Wildman–Crippen MR) is 94.8 cm³/mol. The molecule has 1 atom stereocenters. The van der Waals surface area contributed by atoms with Crippen LogP contribution >= 0.6 is 0 Å². The van der Waals surface area contributed by atoms with Gasteiger partial charge in [0.2, 0.25) is 0 Å². The average molecular weight is 332 g/mol. The molecule has 0 saturated heterocycles. The van der Waals surface area contributed by atoms with Gasteiger partial charge in [-0.3, -0.25) is 0 Å². The van der Waals surface area contributed by atoms with Crippen molar-refractivity contribution >= 4 is 5.97 Å². The van der Waals surface area contributed by atoms with Gasteiger partial charge in [-0.25, -0.2) is 4.79 Å². The van der Waals surface area contributed by atoms with Crippen LogP contribution < -0.4 is 0 Å². The largest absolute Gasteiger partial charge is 0.507 e. The number of carbonyl (C=O) groups is 1. The molecule has 1 aromatic carbocycles. The Kier molecular flexibility index (Phi) is 4.71. The van der Waals surface area contributed by atoms with Gasteiger partial charge in [-0.15, -0.1) is 0 Å². The van der Waals surface area contributed by atoms with Crippen LogP contribution in [-0.4, -0.2) is 21.3 Å². The number of carboxylic acid groups (broad SMARTS) is 1. The van der Waals surface area contributed by atoms with E-state index < -0.39 is 11.4 Å². The summed E-state index contributed by atoms with van der Waals surface area (Å²) in [5.41, 5.74) is 0.977. The molecule has 1 saturated carbocycles. The number of rotatable bonds is 4. The lowest BCUT2D eigenvalue weighted by Gasteiger charge is -2.45. The fraction of sp³-hybridized carbons (Fsp3) is 0.550. The van der Waals surface area contributed by atoms with E-state index in [1.165, 1.54) is 6.07 Å². The van der Waals surface area contributed by atoms with Crippen LogP contribution in [0, 0.1) is 5.41 Å². The van der Waals surface area contributed by atoms with Gasteiger partial charge in [0, 0.05) is 11.0 Å². The number of carboxylic acids is 1. The van der Waals surface area contributed by atoms with Gasteiger partial charge in [0.25, 0.3) is 0 Å². The molecule has 1 aromatic rings. The van der Waals surface area contributed by atoms with Crippen molar-refractivity contribution in [2.75, 3.05) is 0 Å². The van der Waals surface area contributed by atoms with Gasteiger partial charge in [0.15, 0.2) is 0 Å². The minimum Gasteiger partial charge on any atom is -0.507 e. The quantitative estimate of drug-likeness (QED) is 0.694. The molecule has 0 aromatic heterocycles. The molecule has 4 heteroatoms. The Morgan fingerprint density at radius 1 is 1.29 bits per heavy atom. The van der Waals surface area contributed by atoms with Crippen molar-refractivity contribution in [1.82, 2.24) is 0 Å². The standard InChI is InChI=1S/C20H28O4/c1-6-7-13-10-14(21)16(17(22)15(13)18(23)24)20(5)11-19(3,4)9-8-12(20)2/h10,21-22H,2,6-9,11H2,1,3-5H3,(H,23,24). The number of aromatic hydroxyl groups is 2. The molecule has 0 bridgehead atoms. The molecule has 132 valence electrons. The summed E-state index contributed by atoms with van der Waals surface area (Å²) in [5, 5.41) is 31.0. The van der Waals surface area contributed by atoms with Crippen LogP contribution in [-0.2, 0) is 11.8 Å². The molecule has 2 rings (SSSR count). The number of hydrogen-bond acceptors (Lipinski definition) is 3. The Morgan fingerprint density at radius 2 is 1.92 bits per heavy atom. The number of benzene rings is 1. The zero-order chi connectivity index (χ0) is 18.3. The maximum Gasteiger partial charge on any atom is 0.339 e. The maximum atomic E-state index is 11.7. The van der Waals surface area contributed by atoms with Crippen LogP contribution in [0.2, 0.25) is 0 Å². The average Bonchev–Trinajstić information content (AvgIpc) is 2.42. The highest BCUT2D eigenvalue weighted by Crippen LogP contribution is 2.55. The monoisotopic (exact) mass is 332 g/mol. The summed E-state index contributed by atoms with van der Waals surface area (Å²) in [7, 11) is 0. The molecule has 1 fully saturated rings. The van der Waals surface area contributed by atoms with Crippen LogP contribution in [0.25, 0.3) is 0 Å². The lowest BCUT2D eigenvalue weighted by atomic mass is 9.59. The van der Waals surface area contributed by atoms with Crippen LogP contribution in [0.15, 0.2) is 18.2 Å². The van der Waals surface area contributed by atoms with Crippen LogP contribution in [0.3, 0.4) is 0 Å². The second-order valence-corrected chi connectivity index (χ2v) is 7.99. The third-order valence-electron chi connectivity index (χ3n) is 5.36. The molecule has 1 aliphatic rings. The molecular formula is C20H28O4. The lowest BCUT2D eigenvalue weighted by molar-refractivity contribution is 0.0692. The maximum absolute atomic E-state index is 11.7. The van der Waals surface area contributed by atoms with Gasteiger partial charge in [-0.2, -0.15) is 0 Å². The van der Waals surface area contributed by atoms with Crippen LogP contribution in [0.4, 0.5) is 0 Å². The Balaban J connectivity index is 2.72. The van der Waals surface area contributed by atoms with E-state index in [-0.39, 0.29) is 22.5 Å². The zero-order valence-corrected chi connectivity index (χ0v) is 15.1. The zero-order valence-electron chi connectivity index (χ0n) is 15.1. The van der Waals surface area contributed by atoms with E-state index >= 15 is 0 Å². The van der Waals surface area contributed by atoms with E-state index in [0.29, 0.717) is 24.0 Å². The highest BCUT2D eigenvalue weighted by Gasteiger charge is 2.44. The molecule has 1 unspecified atom stereocenters. The first-order valence-electron chi connectivity index (χ1n) is 8.53. The Bertz CT molecular complexity index is 687. The second-order valence-electron chi connectivity index (χ2n) is 7.99. The smallest absolute Gasteiger partial charge is 0.339 e. The molecule has 3 N–H and O–H groups in total. The number of aryl methyl sites for hydroxylation is 1. The van der Waals surface area contributed by atoms with Gasteiger partial charge in [-0.05, 0) is 42.7 Å². The van der Waals surface area contributed by atoms with Gasteiger partial charge >= 0.3 is 5.97 Å². The molecule has 0 radical (unpaired) electrons. The van der Waals surface area contributed by atoms with E-state index in [1.54, 1.807) is 0 Å². The SMILES string of the molecule is C=C1CCC(C)(C)CC1(C)c1c(O)cc(CCC)c(C(=O)O)c1O. The first kappa shape index (κ1) is 18.4. The van der Waals surface area contributed by atoms with E-state index in [0.717, 1.165) is 24.8 Å². The van der Waals surface area contributed by atoms with Crippen molar-refractivity contribution in [2.24, 2.45) is 5.41 Å². The third-order valence-corrected chi connectivity index (χ3v) is 5.36. The summed E-state index contributed by atoms with van der Waals surface area (Å²) >= 11 is 0. The van der Waals surface area contributed by atoms with E-state index in [9.17, 15) is 20.1 Å². The molecule has 1 aliphatic carbocycles. The van der Waals surface area contributed by atoms with Crippen LogP contribution in [0.5, 0.6) is 11.5 Å². The number of hydrogen-bond donors (Lipinski definition) is 3. The second kappa shape index (κ2) is 6.15. The van der Waals surface area contributed by atoms with Gasteiger partial charge in [0.1, 0.15) is 17.1 Å². The van der Waals surface area contributed by atoms with Gasteiger partial charge in [-0.1, -0.05) is 46.3 Å². The Hall–Kier alpha value is -1.97. The summed E-state index contributed by atoms with van der Waals surface area (Å²) in [6.07, 6.45) is 3.71. The normalized spacial score (nSPS) is 23.2. The highest BCUT2D eigenvalue weighted by atomic mass is 16.4. The summed E-state index contributed by atoms with van der Waals surface area (Å²) in [6.45, 7) is 12.3.